The maximum absolute atomic E-state index is 5.84. The molecule has 5 nitrogen and oxygen atoms in total. The van der Waals surface area contributed by atoms with Gasteiger partial charge in [-0.1, -0.05) is 12.1 Å². The summed E-state index contributed by atoms with van der Waals surface area (Å²) in [7, 11) is 1.67. The van der Waals surface area contributed by atoms with Gasteiger partial charge in [0.05, 0.1) is 13.7 Å². The minimum atomic E-state index is 0.608. The molecule has 0 atom stereocenters. The van der Waals surface area contributed by atoms with Gasteiger partial charge in [0.2, 0.25) is 0 Å². The number of methoxy groups -OCH3 is 1. The average molecular weight is 260 g/mol. The van der Waals surface area contributed by atoms with Crippen LogP contribution in [0, 0.1) is 0 Å². The minimum absolute atomic E-state index is 0.608. The molecule has 4 N–H and O–H groups in total. The number of aliphatic imine (C=N–C) groups is 1. The van der Waals surface area contributed by atoms with Crippen molar-refractivity contribution in [1.29, 1.82) is 0 Å². The molecule has 2 rings (SSSR count). The Bertz CT molecular complexity index is 479. The van der Waals surface area contributed by atoms with Crippen molar-refractivity contribution in [3.8, 4) is 5.75 Å². The van der Waals surface area contributed by atoms with Gasteiger partial charge in [0.15, 0.2) is 0 Å². The van der Waals surface area contributed by atoms with Gasteiger partial charge >= 0.3 is 0 Å². The zero-order valence-corrected chi connectivity index (χ0v) is 11.2. The van der Waals surface area contributed by atoms with Crippen LogP contribution in [0.3, 0.4) is 0 Å². The Labute approximate surface area is 113 Å². The van der Waals surface area contributed by atoms with Gasteiger partial charge in [-0.05, 0) is 42.5 Å². The largest absolute Gasteiger partial charge is 0.497 e. The molecule has 1 heterocycles. The molecule has 1 aliphatic heterocycles. The van der Waals surface area contributed by atoms with E-state index in [1.807, 2.05) is 12.1 Å². The molecule has 0 unspecified atom stereocenters. The summed E-state index contributed by atoms with van der Waals surface area (Å²) < 4.78 is 5.14. The van der Waals surface area contributed by atoms with E-state index in [1.54, 1.807) is 18.5 Å². The summed E-state index contributed by atoms with van der Waals surface area (Å²) in [6.07, 6.45) is 4.52. The summed E-state index contributed by atoms with van der Waals surface area (Å²) >= 11 is 0. The van der Waals surface area contributed by atoms with Crippen molar-refractivity contribution in [1.82, 2.24) is 5.01 Å². The first-order valence-corrected chi connectivity index (χ1v) is 6.35. The first kappa shape index (κ1) is 13.4. The summed E-state index contributed by atoms with van der Waals surface area (Å²) in [5.41, 5.74) is 8.25. The molecule has 0 spiro atoms. The predicted molar refractivity (Wildman–Crippen MR) is 76.5 cm³/mol. The van der Waals surface area contributed by atoms with Gasteiger partial charge in [0.1, 0.15) is 17.9 Å². The average Bonchev–Trinajstić information content (AvgIpc) is 2.43. The van der Waals surface area contributed by atoms with Crippen LogP contribution in [0.4, 0.5) is 0 Å². The normalized spacial score (nSPS) is 14.9. The molecule has 19 heavy (non-hydrogen) atoms. The fourth-order valence-corrected chi connectivity index (χ4v) is 2.08. The van der Waals surface area contributed by atoms with Crippen LogP contribution in [0.15, 0.2) is 40.7 Å². The van der Waals surface area contributed by atoms with Crippen molar-refractivity contribution in [2.75, 3.05) is 13.7 Å². The third-order valence-corrected chi connectivity index (χ3v) is 3.18. The third kappa shape index (κ3) is 3.72. The molecule has 0 radical (unpaired) electrons. The molecule has 1 aromatic rings. The van der Waals surface area contributed by atoms with Crippen LogP contribution in [0.5, 0.6) is 5.75 Å². The number of nitrogens with zero attached hydrogens (tertiary/aromatic N) is 2. The van der Waals surface area contributed by atoms with E-state index in [-0.39, 0.29) is 0 Å². The van der Waals surface area contributed by atoms with Crippen LogP contribution >= 0.6 is 0 Å². The molecule has 0 aliphatic carbocycles. The van der Waals surface area contributed by atoms with E-state index in [9.17, 15) is 0 Å². The van der Waals surface area contributed by atoms with Crippen LogP contribution in [-0.4, -0.2) is 25.0 Å². The highest BCUT2D eigenvalue weighted by atomic mass is 16.5. The van der Waals surface area contributed by atoms with Crippen molar-refractivity contribution < 1.29 is 4.74 Å². The fraction of sp³-hybridized carbons (Fsp3) is 0.357. The van der Waals surface area contributed by atoms with E-state index in [1.165, 1.54) is 5.56 Å². The Balaban J connectivity index is 1.84. The summed E-state index contributed by atoms with van der Waals surface area (Å²) in [6, 6.07) is 8.14. The zero-order valence-electron chi connectivity index (χ0n) is 11.2. The van der Waals surface area contributed by atoms with E-state index < -0.39 is 0 Å². The number of hydrazine groups is 1. The van der Waals surface area contributed by atoms with Crippen molar-refractivity contribution >= 4 is 6.34 Å². The van der Waals surface area contributed by atoms with E-state index in [0.29, 0.717) is 12.4 Å². The first-order valence-electron chi connectivity index (χ1n) is 6.35. The highest BCUT2D eigenvalue weighted by Crippen LogP contribution is 2.17. The number of hydrogen-bond donors (Lipinski definition) is 2. The lowest BCUT2D eigenvalue weighted by molar-refractivity contribution is 0.414. The second-order valence-corrected chi connectivity index (χ2v) is 4.61. The number of ether oxygens (including phenoxy) is 1. The maximum atomic E-state index is 5.84. The Morgan fingerprint density at radius 1 is 1.26 bits per heavy atom. The van der Waals surface area contributed by atoms with E-state index in [4.69, 9.17) is 16.3 Å². The quantitative estimate of drug-likeness (QED) is 0.785. The molecule has 0 saturated carbocycles. The molecule has 1 aromatic carbocycles. The molecular weight excluding hydrogens is 240 g/mol. The van der Waals surface area contributed by atoms with Crippen molar-refractivity contribution in [3.05, 3.63) is 41.2 Å². The lowest BCUT2D eigenvalue weighted by Gasteiger charge is -2.20. The number of rotatable bonds is 5. The standard InChI is InChI=1S/C14H20N4O/c1-19-13-7-5-11(6-8-13)3-2-4-12-9-18(16)10-17-14(12)15/h5-8,10H,2-4,9,15-16H2,1H3. The SMILES string of the molecule is COc1ccc(CCCC2=C(N)N=CN(N)C2)cc1. The smallest absolute Gasteiger partial charge is 0.126 e. The Morgan fingerprint density at radius 2 is 2.00 bits per heavy atom. The van der Waals surface area contributed by atoms with Gasteiger partial charge in [-0.15, -0.1) is 0 Å². The molecule has 102 valence electrons. The van der Waals surface area contributed by atoms with Crippen LogP contribution in [0.25, 0.3) is 0 Å². The molecule has 0 saturated heterocycles. The van der Waals surface area contributed by atoms with Gasteiger partial charge in [0, 0.05) is 0 Å². The van der Waals surface area contributed by atoms with Crippen LogP contribution < -0.4 is 16.3 Å². The molecule has 1 aliphatic rings. The van der Waals surface area contributed by atoms with Crippen LogP contribution in [0.1, 0.15) is 18.4 Å². The third-order valence-electron chi connectivity index (χ3n) is 3.18. The van der Waals surface area contributed by atoms with E-state index in [0.717, 1.165) is 30.6 Å². The predicted octanol–water partition coefficient (Wildman–Crippen LogP) is 1.41. The Morgan fingerprint density at radius 3 is 2.68 bits per heavy atom. The maximum Gasteiger partial charge on any atom is 0.126 e. The topological polar surface area (TPSA) is 76.9 Å². The van der Waals surface area contributed by atoms with Crippen molar-refractivity contribution in [3.63, 3.8) is 0 Å². The van der Waals surface area contributed by atoms with Crippen molar-refractivity contribution in [2.45, 2.75) is 19.3 Å². The molecule has 0 bridgehead atoms. The molecule has 0 aromatic heterocycles. The molecule has 0 amide bonds. The summed E-state index contributed by atoms with van der Waals surface area (Å²) in [5, 5.41) is 1.55. The Kier molecular flexibility index (Phi) is 4.41. The minimum Gasteiger partial charge on any atom is -0.497 e. The molecular formula is C14H20N4O. The fourth-order valence-electron chi connectivity index (χ4n) is 2.08. The summed E-state index contributed by atoms with van der Waals surface area (Å²) in [6.45, 7) is 0.665. The zero-order chi connectivity index (χ0) is 13.7. The molecule has 0 fully saturated rings. The number of nitrogens with two attached hydrogens (primary N) is 2. The van der Waals surface area contributed by atoms with E-state index >= 15 is 0 Å². The van der Waals surface area contributed by atoms with Gasteiger partial charge in [-0.2, -0.15) is 0 Å². The van der Waals surface area contributed by atoms with Crippen LogP contribution in [0.2, 0.25) is 0 Å². The van der Waals surface area contributed by atoms with E-state index in [2.05, 4.69) is 17.1 Å². The first-order chi connectivity index (χ1) is 9.19. The van der Waals surface area contributed by atoms with Gasteiger partial charge in [0.25, 0.3) is 0 Å². The highest BCUT2D eigenvalue weighted by molar-refractivity contribution is 5.58. The monoisotopic (exact) mass is 260 g/mol. The van der Waals surface area contributed by atoms with Crippen LogP contribution in [-0.2, 0) is 6.42 Å². The van der Waals surface area contributed by atoms with Gasteiger partial charge in [-0.3, -0.25) is 5.01 Å². The Hall–Kier alpha value is -2.01. The lowest BCUT2D eigenvalue weighted by atomic mass is 10.0. The number of benzene rings is 1. The summed E-state index contributed by atoms with van der Waals surface area (Å²) in [5.74, 6) is 7.18. The summed E-state index contributed by atoms with van der Waals surface area (Å²) in [4.78, 5) is 4.06. The molecule has 5 heteroatoms. The number of hydrogen-bond acceptors (Lipinski definition) is 5. The highest BCUT2D eigenvalue weighted by Gasteiger charge is 2.10. The second-order valence-electron chi connectivity index (χ2n) is 4.61. The second kappa shape index (κ2) is 6.24. The van der Waals surface area contributed by atoms with Gasteiger partial charge < -0.3 is 10.5 Å². The van der Waals surface area contributed by atoms with Gasteiger partial charge in [-0.25, -0.2) is 10.8 Å². The lowest BCUT2D eigenvalue weighted by Crippen LogP contribution is -2.35. The van der Waals surface area contributed by atoms with Crippen molar-refractivity contribution in [2.24, 2.45) is 16.6 Å². The number of aryl methyl sites for hydroxylation is 1.